The number of rotatable bonds is 4. The van der Waals surface area contributed by atoms with Crippen molar-refractivity contribution >= 4 is 34.6 Å². The number of hydrogen-bond acceptors (Lipinski definition) is 2. The first-order valence-electron chi connectivity index (χ1n) is 8.80. The van der Waals surface area contributed by atoms with Gasteiger partial charge in [0.25, 0.3) is 0 Å². The van der Waals surface area contributed by atoms with Crippen molar-refractivity contribution in [2.24, 2.45) is 0 Å². The molecule has 0 spiro atoms. The summed E-state index contributed by atoms with van der Waals surface area (Å²) in [5, 5.41) is 7.73. The summed E-state index contributed by atoms with van der Waals surface area (Å²) in [4.78, 5) is 2.44. The lowest BCUT2D eigenvalue weighted by Crippen LogP contribution is -2.45. The Balaban J connectivity index is 1.43. The molecule has 138 valence electrons. The van der Waals surface area contributed by atoms with Crippen LogP contribution in [0.5, 0.6) is 0 Å². The molecule has 0 amide bonds. The normalized spacial score (nSPS) is 15.7. The van der Waals surface area contributed by atoms with Gasteiger partial charge in [0.15, 0.2) is 5.11 Å². The summed E-state index contributed by atoms with van der Waals surface area (Å²) in [6.07, 6.45) is 2.05. The molecule has 3 nitrogen and oxygen atoms in total. The van der Waals surface area contributed by atoms with Gasteiger partial charge in [-0.1, -0.05) is 29.8 Å². The average molecular weight is 392 g/mol. The number of thiocarbonyl (C=S) groups is 1. The molecule has 0 unspecified atom stereocenters. The van der Waals surface area contributed by atoms with Crippen LogP contribution in [0, 0.1) is 12.7 Å². The molecule has 1 aliphatic heterocycles. The molecule has 26 heavy (non-hydrogen) atoms. The highest BCUT2D eigenvalue weighted by molar-refractivity contribution is 7.80. The number of nitrogens with one attached hydrogen (secondary N) is 2. The van der Waals surface area contributed by atoms with E-state index < -0.39 is 0 Å². The van der Waals surface area contributed by atoms with Crippen molar-refractivity contribution in [1.82, 2.24) is 10.2 Å². The predicted octanol–water partition coefficient (Wildman–Crippen LogP) is 4.74. The molecule has 0 radical (unpaired) electrons. The number of hydrogen-bond donors (Lipinski definition) is 2. The second-order valence-corrected chi connectivity index (χ2v) is 7.58. The zero-order chi connectivity index (χ0) is 18.5. The van der Waals surface area contributed by atoms with Crippen molar-refractivity contribution in [3.63, 3.8) is 0 Å². The SMILES string of the molecule is Cc1ccc(NC(=S)NC2CCN(Cc3ccc(Cl)cc3)CC2)cc1F. The zero-order valence-electron chi connectivity index (χ0n) is 14.8. The maximum absolute atomic E-state index is 13.6. The summed E-state index contributed by atoms with van der Waals surface area (Å²) in [7, 11) is 0. The number of halogens is 2. The first-order chi connectivity index (χ1) is 12.5. The summed E-state index contributed by atoms with van der Waals surface area (Å²) in [5.41, 5.74) is 2.58. The van der Waals surface area contributed by atoms with E-state index in [0.29, 0.717) is 22.4 Å². The average Bonchev–Trinajstić information content (AvgIpc) is 2.62. The molecule has 0 aliphatic carbocycles. The van der Waals surface area contributed by atoms with Gasteiger partial charge in [0, 0.05) is 36.4 Å². The molecule has 1 heterocycles. The van der Waals surface area contributed by atoms with E-state index in [1.54, 1.807) is 13.0 Å². The minimum absolute atomic E-state index is 0.228. The van der Waals surface area contributed by atoms with E-state index in [0.717, 1.165) is 37.5 Å². The van der Waals surface area contributed by atoms with Crippen molar-refractivity contribution in [2.75, 3.05) is 18.4 Å². The molecular formula is C20H23ClFN3S. The molecule has 1 saturated heterocycles. The Hall–Kier alpha value is -1.69. The minimum atomic E-state index is -0.228. The Kier molecular flexibility index (Phi) is 6.46. The van der Waals surface area contributed by atoms with Crippen LogP contribution in [0.1, 0.15) is 24.0 Å². The van der Waals surface area contributed by atoms with Crippen LogP contribution in [0.2, 0.25) is 5.02 Å². The van der Waals surface area contributed by atoms with E-state index in [4.69, 9.17) is 23.8 Å². The molecule has 2 aromatic carbocycles. The standard InChI is InChI=1S/C20H23ClFN3S/c1-14-2-7-18(12-19(14)22)24-20(26)23-17-8-10-25(11-9-17)13-15-3-5-16(21)6-4-15/h2-7,12,17H,8-11,13H2,1H3,(H2,23,24,26). The molecule has 0 atom stereocenters. The van der Waals surface area contributed by atoms with Crippen LogP contribution in [0.15, 0.2) is 42.5 Å². The lowest BCUT2D eigenvalue weighted by molar-refractivity contribution is 0.199. The number of anilines is 1. The van der Waals surface area contributed by atoms with Crippen molar-refractivity contribution in [3.8, 4) is 0 Å². The Morgan fingerprint density at radius 1 is 1.19 bits per heavy atom. The van der Waals surface area contributed by atoms with E-state index in [2.05, 4.69) is 27.7 Å². The molecule has 0 saturated carbocycles. The third kappa shape index (κ3) is 5.40. The van der Waals surface area contributed by atoms with Gasteiger partial charge in [-0.05, 0) is 67.4 Å². The van der Waals surface area contributed by atoms with E-state index in [1.165, 1.54) is 11.6 Å². The molecule has 6 heteroatoms. The molecule has 1 aliphatic rings. The van der Waals surface area contributed by atoms with Crippen LogP contribution >= 0.6 is 23.8 Å². The highest BCUT2D eigenvalue weighted by Crippen LogP contribution is 2.17. The van der Waals surface area contributed by atoms with Gasteiger partial charge in [-0.3, -0.25) is 4.90 Å². The zero-order valence-corrected chi connectivity index (χ0v) is 16.3. The predicted molar refractivity (Wildman–Crippen MR) is 110 cm³/mol. The maximum Gasteiger partial charge on any atom is 0.170 e. The first-order valence-corrected chi connectivity index (χ1v) is 9.59. The topological polar surface area (TPSA) is 27.3 Å². The fraction of sp³-hybridized carbons (Fsp3) is 0.350. The van der Waals surface area contributed by atoms with Gasteiger partial charge in [0.1, 0.15) is 5.82 Å². The third-order valence-electron chi connectivity index (χ3n) is 4.67. The Morgan fingerprint density at radius 2 is 1.88 bits per heavy atom. The number of likely N-dealkylation sites (tertiary alicyclic amines) is 1. The van der Waals surface area contributed by atoms with Gasteiger partial charge >= 0.3 is 0 Å². The smallest absolute Gasteiger partial charge is 0.170 e. The van der Waals surface area contributed by atoms with E-state index >= 15 is 0 Å². The number of piperidine rings is 1. The van der Waals surface area contributed by atoms with E-state index in [1.807, 2.05) is 18.2 Å². The Bertz CT molecular complexity index is 758. The van der Waals surface area contributed by atoms with Crippen molar-refractivity contribution < 1.29 is 4.39 Å². The lowest BCUT2D eigenvalue weighted by Gasteiger charge is -2.33. The van der Waals surface area contributed by atoms with Gasteiger partial charge in [-0.2, -0.15) is 0 Å². The largest absolute Gasteiger partial charge is 0.360 e. The molecule has 2 N–H and O–H groups in total. The van der Waals surface area contributed by atoms with Crippen LogP contribution in [-0.4, -0.2) is 29.1 Å². The summed E-state index contributed by atoms with van der Waals surface area (Å²) in [6.45, 7) is 4.72. The van der Waals surface area contributed by atoms with E-state index in [-0.39, 0.29) is 5.82 Å². The molecule has 2 aromatic rings. The Morgan fingerprint density at radius 3 is 2.54 bits per heavy atom. The quantitative estimate of drug-likeness (QED) is 0.736. The second kappa shape index (κ2) is 8.80. The maximum atomic E-state index is 13.6. The lowest BCUT2D eigenvalue weighted by atomic mass is 10.0. The summed E-state index contributed by atoms with van der Waals surface area (Å²) in [6, 6.07) is 13.4. The number of aryl methyl sites for hydroxylation is 1. The van der Waals surface area contributed by atoms with Crippen LogP contribution < -0.4 is 10.6 Å². The highest BCUT2D eigenvalue weighted by atomic mass is 35.5. The fourth-order valence-corrected chi connectivity index (χ4v) is 3.52. The first kappa shape index (κ1) is 19.1. The third-order valence-corrected chi connectivity index (χ3v) is 5.14. The molecule has 0 bridgehead atoms. The van der Waals surface area contributed by atoms with Gasteiger partial charge < -0.3 is 10.6 Å². The number of benzene rings is 2. The van der Waals surface area contributed by atoms with Gasteiger partial charge in [0.05, 0.1) is 0 Å². The molecule has 3 rings (SSSR count). The molecular weight excluding hydrogens is 369 g/mol. The fourth-order valence-electron chi connectivity index (χ4n) is 3.11. The second-order valence-electron chi connectivity index (χ2n) is 6.74. The van der Waals surface area contributed by atoms with Gasteiger partial charge in [-0.25, -0.2) is 4.39 Å². The highest BCUT2D eigenvalue weighted by Gasteiger charge is 2.19. The summed E-state index contributed by atoms with van der Waals surface area (Å²) in [5.74, 6) is -0.228. The molecule has 0 aromatic heterocycles. The van der Waals surface area contributed by atoms with Crippen LogP contribution in [-0.2, 0) is 6.54 Å². The summed E-state index contributed by atoms with van der Waals surface area (Å²) >= 11 is 11.3. The van der Waals surface area contributed by atoms with Crippen molar-refractivity contribution in [1.29, 1.82) is 0 Å². The van der Waals surface area contributed by atoms with Crippen LogP contribution in [0.4, 0.5) is 10.1 Å². The van der Waals surface area contributed by atoms with E-state index in [9.17, 15) is 4.39 Å². The Labute approximate surface area is 164 Å². The van der Waals surface area contributed by atoms with Gasteiger partial charge in [0.2, 0.25) is 0 Å². The van der Waals surface area contributed by atoms with Crippen molar-refractivity contribution in [3.05, 3.63) is 64.4 Å². The minimum Gasteiger partial charge on any atom is -0.360 e. The van der Waals surface area contributed by atoms with Crippen LogP contribution in [0.25, 0.3) is 0 Å². The van der Waals surface area contributed by atoms with Crippen molar-refractivity contribution in [2.45, 2.75) is 32.4 Å². The monoisotopic (exact) mass is 391 g/mol. The van der Waals surface area contributed by atoms with Crippen LogP contribution in [0.3, 0.4) is 0 Å². The summed E-state index contributed by atoms with van der Waals surface area (Å²) < 4.78 is 13.6. The van der Waals surface area contributed by atoms with Gasteiger partial charge in [-0.15, -0.1) is 0 Å². The molecule has 1 fully saturated rings. The number of nitrogens with zero attached hydrogens (tertiary/aromatic N) is 1.